The first-order valence-corrected chi connectivity index (χ1v) is 8.01. The lowest BCUT2D eigenvalue weighted by Crippen LogP contribution is -2.26. The van der Waals surface area contributed by atoms with Gasteiger partial charge in [-0.3, -0.25) is 4.79 Å². The zero-order valence-corrected chi connectivity index (χ0v) is 14.6. The normalized spacial score (nSPS) is 11.9. The fourth-order valence-electron chi connectivity index (χ4n) is 2.03. The molecule has 1 N–H and O–H groups in total. The van der Waals surface area contributed by atoms with Gasteiger partial charge >= 0.3 is 0 Å². The number of methoxy groups -OCH3 is 2. The second kappa shape index (κ2) is 7.22. The standard InChI is InChI=1S/C15H15Cl2NO3S/c1-8(10-6-9(20-2)4-5-12(10)21-3)18-15(19)11-7-13(16)22-14(11)17/h4-8H,1-3H3,(H,18,19). The molecule has 1 amide bonds. The van der Waals surface area contributed by atoms with E-state index in [0.29, 0.717) is 25.7 Å². The molecule has 2 aromatic rings. The molecule has 0 aliphatic rings. The second-order valence-electron chi connectivity index (χ2n) is 4.54. The fourth-order valence-corrected chi connectivity index (χ4v) is 3.48. The van der Waals surface area contributed by atoms with E-state index in [9.17, 15) is 4.79 Å². The first kappa shape index (κ1) is 16.9. The summed E-state index contributed by atoms with van der Waals surface area (Å²) in [6, 6.07) is 6.69. The number of hydrogen-bond donors (Lipinski definition) is 1. The third kappa shape index (κ3) is 3.66. The Morgan fingerprint density at radius 3 is 2.50 bits per heavy atom. The number of ether oxygens (including phenoxy) is 2. The number of amides is 1. The van der Waals surface area contributed by atoms with Gasteiger partial charge < -0.3 is 14.8 Å². The smallest absolute Gasteiger partial charge is 0.254 e. The monoisotopic (exact) mass is 359 g/mol. The van der Waals surface area contributed by atoms with Crippen LogP contribution in [-0.2, 0) is 0 Å². The second-order valence-corrected chi connectivity index (χ2v) is 6.83. The van der Waals surface area contributed by atoms with Crippen molar-refractivity contribution >= 4 is 40.4 Å². The Labute approximate surface area is 142 Å². The molecule has 0 radical (unpaired) electrons. The molecule has 0 saturated heterocycles. The van der Waals surface area contributed by atoms with Crippen LogP contribution in [0.4, 0.5) is 0 Å². The van der Waals surface area contributed by atoms with E-state index >= 15 is 0 Å². The molecule has 22 heavy (non-hydrogen) atoms. The summed E-state index contributed by atoms with van der Waals surface area (Å²) in [6.45, 7) is 1.86. The van der Waals surface area contributed by atoms with Gasteiger partial charge in [-0.15, -0.1) is 11.3 Å². The third-order valence-corrected chi connectivity index (χ3v) is 4.64. The van der Waals surface area contributed by atoms with Crippen LogP contribution in [0, 0.1) is 0 Å². The van der Waals surface area contributed by atoms with Crippen LogP contribution in [0.1, 0.15) is 28.9 Å². The van der Waals surface area contributed by atoms with Crippen molar-refractivity contribution in [3.63, 3.8) is 0 Å². The lowest BCUT2D eigenvalue weighted by atomic mass is 10.1. The van der Waals surface area contributed by atoms with Crippen molar-refractivity contribution in [2.75, 3.05) is 14.2 Å². The SMILES string of the molecule is COc1ccc(OC)c(C(C)NC(=O)c2cc(Cl)sc2Cl)c1. The summed E-state index contributed by atoms with van der Waals surface area (Å²) in [6.07, 6.45) is 0. The number of thiophene rings is 1. The van der Waals surface area contributed by atoms with Gasteiger partial charge in [0.25, 0.3) is 5.91 Å². The summed E-state index contributed by atoms with van der Waals surface area (Å²) >= 11 is 13.0. The van der Waals surface area contributed by atoms with Crippen molar-refractivity contribution < 1.29 is 14.3 Å². The van der Waals surface area contributed by atoms with Crippen molar-refractivity contribution in [1.82, 2.24) is 5.32 Å². The van der Waals surface area contributed by atoms with Crippen molar-refractivity contribution in [1.29, 1.82) is 0 Å². The number of rotatable bonds is 5. The molecule has 1 aromatic heterocycles. The van der Waals surface area contributed by atoms with E-state index < -0.39 is 0 Å². The predicted octanol–water partition coefficient (Wildman–Crippen LogP) is 4.56. The van der Waals surface area contributed by atoms with E-state index in [0.717, 1.165) is 16.9 Å². The Bertz CT molecular complexity index is 687. The first-order chi connectivity index (χ1) is 10.5. The summed E-state index contributed by atoms with van der Waals surface area (Å²) in [5, 5.41) is 2.88. The largest absolute Gasteiger partial charge is 0.497 e. The number of carbonyl (C=O) groups excluding carboxylic acids is 1. The highest BCUT2D eigenvalue weighted by molar-refractivity contribution is 7.20. The Balaban J connectivity index is 2.23. The molecular weight excluding hydrogens is 345 g/mol. The van der Waals surface area contributed by atoms with Crippen molar-refractivity contribution in [3.8, 4) is 11.5 Å². The zero-order chi connectivity index (χ0) is 16.3. The van der Waals surface area contributed by atoms with Gasteiger partial charge in [0.2, 0.25) is 0 Å². The molecule has 0 saturated carbocycles. The Morgan fingerprint density at radius 2 is 1.95 bits per heavy atom. The topological polar surface area (TPSA) is 47.6 Å². The molecule has 1 atom stereocenters. The van der Waals surface area contributed by atoms with Gasteiger partial charge in [-0.05, 0) is 31.2 Å². The molecule has 0 aliphatic heterocycles. The van der Waals surface area contributed by atoms with Gasteiger partial charge in [0.1, 0.15) is 15.8 Å². The first-order valence-electron chi connectivity index (χ1n) is 6.44. The average molecular weight is 360 g/mol. The molecule has 4 nitrogen and oxygen atoms in total. The summed E-state index contributed by atoms with van der Waals surface area (Å²) in [7, 11) is 3.16. The maximum absolute atomic E-state index is 12.3. The molecule has 118 valence electrons. The highest BCUT2D eigenvalue weighted by Crippen LogP contribution is 2.33. The summed E-state index contributed by atoms with van der Waals surface area (Å²) < 4.78 is 11.4. The van der Waals surface area contributed by atoms with E-state index in [1.54, 1.807) is 32.4 Å². The van der Waals surface area contributed by atoms with Gasteiger partial charge in [0.05, 0.1) is 30.2 Å². The number of nitrogens with one attached hydrogen (secondary N) is 1. The van der Waals surface area contributed by atoms with E-state index in [-0.39, 0.29) is 11.9 Å². The van der Waals surface area contributed by atoms with Gasteiger partial charge in [0.15, 0.2) is 0 Å². The Hall–Kier alpha value is -1.43. The van der Waals surface area contributed by atoms with Gasteiger partial charge in [-0.2, -0.15) is 0 Å². The number of carbonyl (C=O) groups is 1. The Kier molecular flexibility index (Phi) is 5.56. The van der Waals surface area contributed by atoms with Crippen molar-refractivity contribution in [2.45, 2.75) is 13.0 Å². The van der Waals surface area contributed by atoms with E-state index in [1.165, 1.54) is 0 Å². The van der Waals surface area contributed by atoms with E-state index in [2.05, 4.69) is 5.32 Å². The van der Waals surface area contributed by atoms with Crippen LogP contribution >= 0.6 is 34.5 Å². The lowest BCUT2D eigenvalue weighted by Gasteiger charge is -2.18. The third-order valence-electron chi connectivity index (χ3n) is 3.15. The van der Waals surface area contributed by atoms with Crippen LogP contribution < -0.4 is 14.8 Å². The highest BCUT2D eigenvalue weighted by Gasteiger charge is 2.19. The predicted molar refractivity (Wildman–Crippen MR) is 89.8 cm³/mol. The molecule has 7 heteroatoms. The van der Waals surface area contributed by atoms with Crippen molar-refractivity contribution in [3.05, 3.63) is 44.1 Å². The minimum Gasteiger partial charge on any atom is -0.497 e. The maximum Gasteiger partial charge on any atom is 0.254 e. The molecule has 1 heterocycles. The van der Waals surface area contributed by atoms with Crippen LogP contribution in [0.5, 0.6) is 11.5 Å². The molecule has 0 aliphatic carbocycles. The van der Waals surface area contributed by atoms with E-state index in [4.69, 9.17) is 32.7 Å². The highest BCUT2D eigenvalue weighted by atomic mass is 35.5. The minimum atomic E-state index is -0.287. The van der Waals surface area contributed by atoms with Crippen LogP contribution in [0.15, 0.2) is 24.3 Å². The van der Waals surface area contributed by atoms with Crippen LogP contribution in [-0.4, -0.2) is 20.1 Å². The van der Waals surface area contributed by atoms with Gasteiger partial charge in [0, 0.05) is 5.56 Å². The van der Waals surface area contributed by atoms with Crippen LogP contribution in [0.2, 0.25) is 8.67 Å². The Morgan fingerprint density at radius 1 is 1.23 bits per heavy atom. The number of benzene rings is 1. The van der Waals surface area contributed by atoms with E-state index in [1.807, 2.05) is 13.0 Å². The number of halogens is 2. The quantitative estimate of drug-likeness (QED) is 0.850. The van der Waals surface area contributed by atoms with Gasteiger partial charge in [-0.25, -0.2) is 0 Å². The molecule has 0 spiro atoms. The zero-order valence-electron chi connectivity index (χ0n) is 12.3. The molecule has 0 bridgehead atoms. The minimum absolute atomic E-state index is 0.285. The molecular formula is C15H15Cl2NO3S. The lowest BCUT2D eigenvalue weighted by molar-refractivity contribution is 0.0940. The summed E-state index contributed by atoms with van der Waals surface area (Å²) in [5.41, 5.74) is 1.18. The average Bonchev–Trinajstić information content (AvgIpc) is 2.85. The molecule has 1 aromatic carbocycles. The summed E-state index contributed by atoms with van der Waals surface area (Å²) in [5.74, 6) is 1.07. The fraction of sp³-hybridized carbons (Fsp3) is 0.267. The number of hydrogen-bond acceptors (Lipinski definition) is 4. The van der Waals surface area contributed by atoms with Crippen LogP contribution in [0.3, 0.4) is 0 Å². The van der Waals surface area contributed by atoms with Crippen LogP contribution in [0.25, 0.3) is 0 Å². The summed E-state index contributed by atoms with van der Waals surface area (Å²) in [4.78, 5) is 12.3. The van der Waals surface area contributed by atoms with Crippen molar-refractivity contribution in [2.24, 2.45) is 0 Å². The maximum atomic E-state index is 12.3. The molecule has 1 unspecified atom stereocenters. The van der Waals surface area contributed by atoms with Gasteiger partial charge in [-0.1, -0.05) is 23.2 Å². The molecule has 2 rings (SSSR count). The molecule has 0 fully saturated rings.